The zero-order valence-corrected chi connectivity index (χ0v) is 12.7. The second kappa shape index (κ2) is 5.28. The molecule has 0 aromatic heterocycles. The summed E-state index contributed by atoms with van der Waals surface area (Å²) in [5.74, 6) is 0. The third-order valence-electron chi connectivity index (χ3n) is 3.19. The Morgan fingerprint density at radius 1 is 1.44 bits per heavy atom. The van der Waals surface area contributed by atoms with Crippen LogP contribution in [-0.4, -0.2) is 31.9 Å². The maximum atomic E-state index is 12.5. The first-order valence-electron chi connectivity index (χ1n) is 5.93. The van der Waals surface area contributed by atoms with Crippen LogP contribution in [0.2, 0.25) is 0 Å². The third kappa shape index (κ3) is 2.77. The predicted molar refractivity (Wildman–Crippen MR) is 74.8 cm³/mol. The highest BCUT2D eigenvalue weighted by atomic mass is 79.9. The molecule has 1 heterocycles. The van der Waals surface area contributed by atoms with E-state index in [2.05, 4.69) is 15.9 Å². The topological polar surface area (TPSA) is 63.4 Å². The lowest BCUT2D eigenvalue weighted by Crippen LogP contribution is -2.45. The minimum absolute atomic E-state index is 0.0509. The van der Waals surface area contributed by atoms with Crippen LogP contribution in [0.25, 0.3) is 0 Å². The van der Waals surface area contributed by atoms with Gasteiger partial charge in [-0.2, -0.15) is 4.31 Å². The Balaban J connectivity index is 2.32. The number of hydrogen-bond donors (Lipinski definition) is 1. The van der Waals surface area contributed by atoms with Crippen LogP contribution in [0.3, 0.4) is 0 Å². The molecule has 1 aliphatic heterocycles. The van der Waals surface area contributed by atoms with Crippen molar-refractivity contribution in [3.8, 4) is 0 Å². The molecule has 1 aromatic rings. The summed E-state index contributed by atoms with van der Waals surface area (Å²) < 4.78 is 27.3. The van der Waals surface area contributed by atoms with Crippen LogP contribution in [0.5, 0.6) is 0 Å². The molecule has 2 rings (SSSR count). The summed E-state index contributed by atoms with van der Waals surface area (Å²) in [4.78, 5) is 0.345. The number of aryl methyl sites for hydroxylation is 1. The number of halogens is 1. The van der Waals surface area contributed by atoms with Gasteiger partial charge < -0.3 is 5.73 Å². The van der Waals surface area contributed by atoms with Crippen molar-refractivity contribution in [3.05, 3.63) is 28.2 Å². The van der Waals surface area contributed by atoms with Crippen molar-refractivity contribution in [1.82, 2.24) is 4.31 Å². The molecular formula is C12H17BrN2O2S. The summed E-state index contributed by atoms with van der Waals surface area (Å²) in [5.41, 5.74) is 6.75. The Labute approximate surface area is 116 Å². The van der Waals surface area contributed by atoms with Gasteiger partial charge in [0.15, 0.2) is 0 Å². The van der Waals surface area contributed by atoms with E-state index in [-0.39, 0.29) is 6.04 Å². The number of nitrogens with zero attached hydrogens (tertiary/aromatic N) is 1. The molecule has 0 aliphatic carbocycles. The van der Waals surface area contributed by atoms with E-state index in [1.54, 1.807) is 18.2 Å². The number of nitrogens with two attached hydrogens (primary N) is 1. The molecule has 1 unspecified atom stereocenters. The molecule has 0 amide bonds. The molecule has 0 bridgehead atoms. The summed E-state index contributed by atoms with van der Waals surface area (Å²) >= 11 is 3.37. The standard InChI is InChI=1S/C12H17BrN2O2S/c1-9-7-11(4-5-12(9)13)18(16,17)15-6-2-3-10(14)8-15/h4-5,7,10H,2-3,6,8,14H2,1H3. The Bertz CT molecular complexity index is 545. The molecule has 1 saturated heterocycles. The molecule has 2 N–H and O–H groups in total. The molecule has 1 aliphatic rings. The van der Waals surface area contributed by atoms with Gasteiger partial charge >= 0.3 is 0 Å². The zero-order chi connectivity index (χ0) is 13.3. The molecule has 0 saturated carbocycles. The average molecular weight is 333 g/mol. The Morgan fingerprint density at radius 2 is 2.17 bits per heavy atom. The number of benzene rings is 1. The normalized spacial score (nSPS) is 22.1. The van der Waals surface area contributed by atoms with Crippen LogP contribution in [0.15, 0.2) is 27.6 Å². The van der Waals surface area contributed by atoms with E-state index in [4.69, 9.17) is 5.73 Å². The maximum absolute atomic E-state index is 12.5. The van der Waals surface area contributed by atoms with Crippen molar-refractivity contribution < 1.29 is 8.42 Å². The third-order valence-corrected chi connectivity index (χ3v) is 5.94. The minimum atomic E-state index is -3.40. The van der Waals surface area contributed by atoms with E-state index >= 15 is 0 Å². The first kappa shape index (κ1) is 14.0. The van der Waals surface area contributed by atoms with Crippen LogP contribution >= 0.6 is 15.9 Å². The van der Waals surface area contributed by atoms with Crippen molar-refractivity contribution in [1.29, 1.82) is 0 Å². The minimum Gasteiger partial charge on any atom is -0.327 e. The zero-order valence-electron chi connectivity index (χ0n) is 10.3. The lowest BCUT2D eigenvalue weighted by molar-refractivity contribution is 0.316. The molecule has 4 nitrogen and oxygen atoms in total. The first-order valence-corrected chi connectivity index (χ1v) is 8.16. The van der Waals surface area contributed by atoms with E-state index in [0.29, 0.717) is 18.0 Å². The van der Waals surface area contributed by atoms with Crippen molar-refractivity contribution >= 4 is 26.0 Å². The quantitative estimate of drug-likeness (QED) is 0.899. The fourth-order valence-electron chi connectivity index (χ4n) is 2.12. The van der Waals surface area contributed by atoms with Crippen LogP contribution in [0.4, 0.5) is 0 Å². The number of rotatable bonds is 2. The van der Waals surface area contributed by atoms with E-state index in [1.165, 1.54) is 4.31 Å². The van der Waals surface area contributed by atoms with Crippen molar-refractivity contribution in [2.24, 2.45) is 5.73 Å². The Morgan fingerprint density at radius 3 is 2.78 bits per heavy atom. The van der Waals surface area contributed by atoms with E-state index in [1.807, 2.05) is 6.92 Å². The van der Waals surface area contributed by atoms with Gasteiger partial charge in [0.1, 0.15) is 0 Å². The summed E-state index contributed by atoms with van der Waals surface area (Å²) in [6.07, 6.45) is 1.72. The predicted octanol–water partition coefficient (Wildman–Crippen LogP) is 1.87. The highest BCUT2D eigenvalue weighted by Crippen LogP contribution is 2.24. The molecule has 1 aromatic carbocycles. The van der Waals surface area contributed by atoms with Crippen LogP contribution in [-0.2, 0) is 10.0 Å². The summed E-state index contributed by atoms with van der Waals surface area (Å²) in [6.45, 7) is 2.85. The number of piperidine rings is 1. The highest BCUT2D eigenvalue weighted by Gasteiger charge is 2.28. The fraction of sp³-hybridized carbons (Fsp3) is 0.500. The summed E-state index contributed by atoms with van der Waals surface area (Å²) in [7, 11) is -3.40. The van der Waals surface area contributed by atoms with Crippen LogP contribution in [0, 0.1) is 6.92 Å². The molecule has 6 heteroatoms. The molecular weight excluding hydrogens is 316 g/mol. The average Bonchev–Trinajstić information content (AvgIpc) is 2.32. The molecule has 0 radical (unpaired) electrons. The van der Waals surface area contributed by atoms with Crippen molar-refractivity contribution in [3.63, 3.8) is 0 Å². The summed E-state index contributed by atoms with van der Waals surface area (Å²) in [6, 6.07) is 5.04. The van der Waals surface area contributed by atoms with Crippen LogP contribution < -0.4 is 5.73 Å². The van der Waals surface area contributed by atoms with Gasteiger partial charge in [-0.25, -0.2) is 8.42 Å². The first-order chi connectivity index (χ1) is 8.41. The number of hydrogen-bond acceptors (Lipinski definition) is 3. The summed E-state index contributed by atoms with van der Waals surface area (Å²) in [5, 5.41) is 0. The Hall–Kier alpha value is -0.430. The molecule has 1 atom stereocenters. The fourth-order valence-corrected chi connectivity index (χ4v) is 3.99. The van der Waals surface area contributed by atoms with Gasteiger partial charge in [0.2, 0.25) is 10.0 Å². The van der Waals surface area contributed by atoms with Gasteiger partial charge in [0.05, 0.1) is 4.90 Å². The van der Waals surface area contributed by atoms with Crippen molar-refractivity contribution in [2.75, 3.05) is 13.1 Å². The van der Waals surface area contributed by atoms with Crippen LogP contribution in [0.1, 0.15) is 18.4 Å². The maximum Gasteiger partial charge on any atom is 0.243 e. The molecule has 1 fully saturated rings. The lowest BCUT2D eigenvalue weighted by atomic mass is 10.1. The van der Waals surface area contributed by atoms with E-state index in [9.17, 15) is 8.42 Å². The highest BCUT2D eigenvalue weighted by molar-refractivity contribution is 9.10. The van der Waals surface area contributed by atoms with Gasteiger partial charge in [0.25, 0.3) is 0 Å². The second-order valence-electron chi connectivity index (χ2n) is 4.68. The number of sulfonamides is 1. The van der Waals surface area contributed by atoms with Gasteiger partial charge in [-0.15, -0.1) is 0 Å². The van der Waals surface area contributed by atoms with E-state index in [0.717, 1.165) is 22.9 Å². The second-order valence-corrected chi connectivity index (χ2v) is 7.47. The van der Waals surface area contributed by atoms with Gasteiger partial charge in [-0.3, -0.25) is 0 Å². The lowest BCUT2D eigenvalue weighted by Gasteiger charge is -2.29. The van der Waals surface area contributed by atoms with Gasteiger partial charge in [0, 0.05) is 23.6 Å². The van der Waals surface area contributed by atoms with Crippen molar-refractivity contribution in [2.45, 2.75) is 30.7 Å². The molecule has 100 valence electrons. The van der Waals surface area contributed by atoms with E-state index < -0.39 is 10.0 Å². The van der Waals surface area contributed by atoms with Gasteiger partial charge in [-0.1, -0.05) is 15.9 Å². The monoisotopic (exact) mass is 332 g/mol. The smallest absolute Gasteiger partial charge is 0.243 e. The molecule has 0 spiro atoms. The van der Waals surface area contributed by atoms with Gasteiger partial charge in [-0.05, 0) is 43.5 Å². The Kier molecular flexibility index (Phi) is 4.11. The SMILES string of the molecule is Cc1cc(S(=O)(=O)N2CCCC(N)C2)ccc1Br. The largest absolute Gasteiger partial charge is 0.327 e. The molecule has 18 heavy (non-hydrogen) atoms.